The Labute approximate surface area is 230 Å². The first-order valence-electron chi connectivity index (χ1n) is 14.2. The molecule has 6 rings (SSSR count). The van der Waals surface area contributed by atoms with Crippen LogP contribution in [0.1, 0.15) is 52.7 Å². The Kier molecular flexibility index (Phi) is 10.3. The van der Waals surface area contributed by atoms with Gasteiger partial charge in [-0.3, -0.25) is 0 Å². The van der Waals surface area contributed by atoms with Gasteiger partial charge in [0.15, 0.2) is 0 Å². The summed E-state index contributed by atoms with van der Waals surface area (Å²) in [6, 6.07) is 40.2. The van der Waals surface area contributed by atoms with Gasteiger partial charge in [-0.15, -0.1) is 0 Å². The van der Waals surface area contributed by atoms with E-state index in [1.54, 1.807) is 0 Å². The SMILES string of the molecule is CC.CC.CC.Cc1ccc(-c2ccc3c4ccc(-c5ccc(C)cc5)cc4c4ccccc4c3c2)cc1. The standard InChI is InChI=1S/C32H24.3C2H6/c1-21-7-11-23(12-8-21)25-15-17-29-30-18-16-26(24-13-9-22(2)10-14-24)20-32(30)28-6-4-3-5-27(28)31(29)19-25;3*1-2/h3-20H,1-2H3;3*1-2H3. The molecule has 6 aromatic rings. The lowest BCUT2D eigenvalue weighted by Gasteiger charge is -2.13. The molecule has 0 spiro atoms. The van der Waals surface area contributed by atoms with Gasteiger partial charge in [0, 0.05) is 0 Å². The maximum absolute atomic E-state index is 2.36. The molecular weight excluding hydrogens is 456 g/mol. The molecule has 0 N–H and O–H groups in total. The highest BCUT2D eigenvalue weighted by molar-refractivity contribution is 6.26. The van der Waals surface area contributed by atoms with Gasteiger partial charge in [-0.1, -0.05) is 150 Å². The average Bonchev–Trinajstić information content (AvgIpc) is 3.00. The van der Waals surface area contributed by atoms with Crippen molar-refractivity contribution >= 4 is 32.3 Å². The highest BCUT2D eigenvalue weighted by Crippen LogP contribution is 2.38. The third-order valence-electron chi connectivity index (χ3n) is 6.61. The second-order valence-corrected chi connectivity index (χ2v) is 8.80. The lowest BCUT2D eigenvalue weighted by Crippen LogP contribution is -1.86. The van der Waals surface area contributed by atoms with Crippen molar-refractivity contribution < 1.29 is 0 Å². The van der Waals surface area contributed by atoms with Gasteiger partial charge in [-0.25, -0.2) is 0 Å². The van der Waals surface area contributed by atoms with Crippen LogP contribution in [0, 0.1) is 13.8 Å². The van der Waals surface area contributed by atoms with Gasteiger partial charge in [-0.2, -0.15) is 0 Å². The van der Waals surface area contributed by atoms with Crippen molar-refractivity contribution in [1.82, 2.24) is 0 Å². The Hall–Kier alpha value is -3.90. The maximum atomic E-state index is 2.36. The molecule has 6 aromatic carbocycles. The van der Waals surface area contributed by atoms with Gasteiger partial charge in [0.25, 0.3) is 0 Å². The van der Waals surface area contributed by atoms with Crippen LogP contribution in [0.15, 0.2) is 109 Å². The molecule has 0 saturated heterocycles. The second-order valence-electron chi connectivity index (χ2n) is 8.80. The van der Waals surface area contributed by atoms with Crippen LogP contribution in [0.4, 0.5) is 0 Å². The lowest BCUT2D eigenvalue weighted by molar-refractivity contribution is 1.47. The van der Waals surface area contributed by atoms with Crippen molar-refractivity contribution in [3.63, 3.8) is 0 Å². The Morgan fingerprint density at radius 2 is 0.579 bits per heavy atom. The van der Waals surface area contributed by atoms with Crippen molar-refractivity contribution in [3.05, 3.63) is 120 Å². The fraction of sp³-hybridized carbons (Fsp3) is 0.211. The normalized spacial score (nSPS) is 10.1. The van der Waals surface area contributed by atoms with Gasteiger partial charge in [0.1, 0.15) is 0 Å². The molecule has 0 fully saturated rings. The van der Waals surface area contributed by atoms with E-state index < -0.39 is 0 Å². The van der Waals surface area contributed by atoms with E-state index in [1.807, 2.05) is 41.5 Å². The van der Waals surface area contributed by atoms with Crippen LogP contribution in [0.25, 0.3) is 54.6 Å². The van der Waals surface area contributed by atoms with E-state index in [4.69, 9.17) is 0 Å². The molecule has 0 bridgehead atoms. The van der Waals surface area contributed by atoms with Crippen molar-refractivity contribution in [2.75, 3.05) is 0 Å². The smallest absolute Gasteiger partial charge is 0.00928 e. The van der Waals surface area contributed by atoms with Crippen LogP contribution in [-0.4, -0.2) is 0 Å². The van der Waals surface area contributed by atoms with Gasteiger partial charge < -0.3 is 0 Å². The number of benzene rings is 6. The minimum atomic E-state index is 1.26. The Morgan fingerprint density at radius 3 is 0.921 bits per heavy atom. The van der Waals surface area contributed by atoms with Gasteiger partial charge in [-0.05, 0) is 80.6 Å². The molecule has 0 saturated carbocycles. The fourth-order valence-corrected chi connectivity index (χ4v) is 4.81. The van der Waals surface area contributed by atoms with Gasteiger partial charge >= 0.3 is 0 Å². The molecule has 0 heteroatoms. The number of hydrogen-bond acceptors (Lipinski definition) is 0. The third kappa shape index (κ3) is 5.81. The van der Waals surface area contributed by atoms with Crippen LogP contribution < -0.4 is 0 Å². The van der Waals surface area contributed by atoms with Crippen LogP contribution in [-0.2, 0) is 0 Å². The summed E-state index contributed by atoms with van der Waals surface area (Å²) in [5.74, 6) is 0. The first-order chi connectivity index (χ1) is 18.7. The summed E-state index contributed by atoms with van der Waals surface area (Å²) in [6.07, 6.45) is 0. The second kappa shape index (κ2) is 13.6. The minimum Gasteiger partial charge on any atom is -0.0683 e. The van der Waals surface area contributed by atoms with E-state index in [-0.39, 0.29) is 0 Å². The largest absolute Gasteiger partial charge is 0.0683 e. The molecule has 0 atom stereocenters. The van der Waals surface area contributed by atoms with Crippen LogP contribution in [0.2, 0.25) is 0 Å². The van der Waals surface area contributed by atoms with Crippen molar-refractivity contribution in [2.24, 2.45) is 0 Å². The summed E-state index contributed by atoms with van der Waals surface area (Å²) in [5.41, 5.74) is 7.62. The first kappa shape index (κ1) is 28.7. The van der Waals surface area contributed by atoms with Gasteiger partial charge in [0.2, 0.25) is 0 Å². The molecule has 194 valence electrons. The molecule has 0 unspecified atom stereocenters. The fourth-order valence-electron chi connectivity index (χ4n) is 4.81. The summed E-state index contributed by atoms with van der Waals surface area (Å²) in [6.45, 7) is 16.3. The zero-order valence-electron chi connectivity index (χ0n) is 24.4. The molecule has 0 aliphatic rings. The minimum absolute atomic E-state index is 1.26. The summed E-state index contributed by atoms with van der Waals surface area (Å²) in [7, 11) is 0. The van der Waals surface area contributed by atoms with Crippen molar-refractivity contribution in [3.8, 4) is 22.3 Å². The summed E-state index contributed by atoms with van der Waals surface area (Å²) in [5, 5.41) is 7.87. The average molecular weight is 499 g/mol. The monoisotopic (exact) mass is 498 g/mol. The molecule has 0 aliphatic carbocycles. The Balaban J connectivity index is 0.000000625. The van der Waals surface area contributed by atoms with E-state index in [2.05, 4.69) is 123 Å². The zero-order valence-corrected chi connectivity index (χ0v) is 24.4. The zero-order chi connectivity index (χ0) is 27.7. The Morgan fingerprint density at radius 1 is 0.289 bits per heavy atom. The molecule has 0 aliphatic heterocycles. The molecule has 38 heavy (non-hydrogen) atoms. The van der Waals surface area contributed by atoms with E-state index in [9.17, 15) is 0 Å². The van der Waals surface area contributed by atoms with Crippen LogP contribution in [0.3, 0.4) is 0 Å². The third-order valence-corrected chi connectivity index (χ3v) is 6.61. The molecule has 0 amide bonds. The van der Waals surface area contributed by atoms with Gasteiger partial charge in [0.05, 0.1) is 0 Å². The first-order valence-corrected chi connectivity index (χ1v) is 14.2. The van der Waals surface area contributed by atoms with E-state index in [0.717, 1.165) is 0 Å². The number of hydrogen-bond donors (Lipinski definition) is 0. The van der Waals surface area contributed by atoms with Crippen LogP contribution in [0.5, 0.6) is 0 Å². The number of rotatable bonds is 2. The van der Waals surface area contributed by atoms with E-state index >= 15 is 0 Å². The number of aryl methyl sites for hydroxylation is 2. The van der Waals surface area contributed by atoms with Crippen LogP contribution >= 0.6 is 0 Å². The quantitative estimate of drug-likeness (QED) is 0.208. The lowest BCUT2D eigenvalue weighted by atomic mass is 9.90. The molecule has 0 heterocycles. The highest BCUT2D eigenvalue weighted by atomic mass is 14.1. The summed E-state index contributed by atoms with van der Waals surface area (Å²) in [4.78, 5) is 0. The molecular formula is C38H42. The summed E-state index contributed by atoms with van der Waals surface area (Å²) < 4.78 is 0. The predicted molar refractivity (Wildman–Crippen MR) is 173 cm³/mol. The van der Waals surface area contributed by atoms with E-state index in [1.165, 1.54) is 65.7 Å². The molecule has 0 aromatic heterocycles. The number of fused-ring (bicyclic) bond motifs is 6. The highest BCUT2D eigenvalue weighted by Gasteiger charge is 2.11. The van der Waals surface area contributed by atoms with Crippen molar-refractivity contribution in [2.45, 2.75) is 55.4 Å². The Bertz CT molecular complexity index is 1460. The topological polar surface area (TPSA) is 0 Å². The molecule has 0 nitrogen and oxygen atoms in total. The maximum Gasteiger partial charge on any atom is -0.00928 e. The molecule has 0 radical (unpaired) electrons. The van der Waals surface area contributed by atoms with E-state index in [0.29, 0.717) is 0 Å². The summed E-state index contributed by atoms with van der Waals surface area (Å²) >= 11 is 0. The predicted octanol–water partition coefficient (Wildman–Crippen LogP) is 12.2. The van der Waals surface area contributed by atoms with Crippen molar-refractivity contribution in [1.29, 1.82) is 0 Å².